The van der Waals surface area contributed by atoms with Crippen LogP contribution in [0.2, 0.25) is 0 Å². The Morgan fingerprint density at radius 2 is 1.31 bits per heavy atom. The highest BCUT2D eigenvalue weighted by molar-refractivity contribution is 5.72. The van der Waals surface area contributed by atoms with E-state index in [0.29, 0.717) is 41.9 Å². The summed E-state index contributed by atoms with van der Waals surface area (Å²) in [6.45, 7) is 4.27. The summed E-state index contributed by atoms with van der Waals surface area (Å²) in [5, 5.41) is 0. The summed E-state index contributed by atoms with van der Waals surface area (Å²) in [5.41, 5.74) is 4.25. The van der Waals surface area contributed by atoms with Crippen LogP contribution in [0.5, 0.6) is 5.75 Å². The molecule has 0 fully saturated rings. The molecular weight excluding hydrogens is 445 g/mol. The zero-order valence-corrected chi connectivity index (χ0v) is 19.8. The van der Waals surface area contributed by atoms with Crippen LogP contribution in [0.25, 0.3) is 28.3 Å². The van der Waals surface area contributed by atoms with Crippen molar-refractivity contribution in [3.8, 4) is 28.0 Å². The standard InChI is InChI=1S/C31H27F3O/c1-3-5-21-6-11-23(12-7-21)27-18-19-28(31(34)30(27)33)24-13-8-22(9-14-24)10-15-25-16-17-26(35-4-2)20-29(25)32/h3,5-9,11-14,16-20H,4,10,15H2,1-2H3/b5-3+. The summed E-state index contributed by atoms with van der Waals surface area (Å²) < 4.78 is 49.6. The highest BCUT2D eigenvalue weighted by Crippen LogP contribution is 2.32. The van der Waals surface area contributed by atoms with Crippen LogP contribution in [0.3, 0.4) is 0 Å². The highest BCUT2D eigenvalue weighted by Gasteiger charge is 2.16. The minimum absolute atomic E-state index is 0.209. The molecule has 0 heterocycles. The Kier molecular flexibility index (Phi) is 7.71. The first-order valence-corrected chi connectivity index (χ1v) is 11.7. The largest absolute Gasteiger partial charge is 0.494 e. The van der Waals surface area contributed by atoms with Gasteiger partial charge in [-0.25, -0.2) is 13.2 Å². The van der Waals surface area contributed by atoms with Gasteiger partial charge in [0, 0.05) is 17.2 Å². The summed E-state index contributed by atoms with van der Waals surface area (Å²) in [7, 11) is 0. The maximum absolute atomic E-state index is 15.0. The van der Waals surface area contributed by atoms with Crippen molar-refractivity contribution >= 4 is 6.08 Å². The van der Waals surface area contributed by atoms with Gasteiger partial charge < -0.3 is 4.74 Å². The lowest BCUT2D eigenvalue weighted by molar-refractivity contribution is 0.338. The molecule has 0 aliphatic rings. The molecule has 0 aliphatic heterocycles. The molecule has 4 aromatic rings. The van der Waals surface area contributed by atoms with Crippen LogP contribution in [-0.2, 0) is 12.8 Å². The molecule has 0 unspecified atom stereocenters. The SMILES string of the molecule is C/C=C/c1ccc(-c2ccc(-c3ccc(CCc4ccc(OCC)cc4F)cc3)c(F)c2F)cc1. The summed E-state index contributed by atoms with van der Waals surface area (Å²) in [6.07, 6.45) is 5.03. The van der Waals surface area contributed by atoms with Gasteiger partial charge in [0.1, 0.15) is 11.6 Å². The Balaban J connectivity index is 1.48. The molecule has 0 atom stereocenters. The first-order valence-electron chi connectivity index (χ1n) is 11.7. The number of hydrogen-bond donors (Lipinski definition) is 0. The van der Waals surface area contributed by atoms with E-state index in [0.717, 1.165) is 11.1 Å². The molecular formula is C31H27F3O. The predicted molar refractivity (Wildman–Crippen MR) is 137 cm³/mol. The normalized spacial score (nSPS) is 11.2. The van der Waals surface area contributed by atoms with E-state index in [2.05, 4.69) is 0 Å². The van der Waals surface area contributed by atoms with Crippen LogP contribution < -0.4 is 4.74 Å². The van der Waals surface area contributed by atoms with Gasteiger partial charge in [-0.15, -0.1) is 0 Å². The molecule has 0 amide bonds. The molecule has 0 spiro atoms. The Labute approximate surface area is 204 Å². The van der Waals surface area contributed by atoms with Crippen LogP contribution in [0, 0.1) is 17.5 Å². The second kappa shape index (κ2) is 11.1. The maximum atomic E-state index is 15.0. The van der Waals surface area contributed by atoms with Crippen molar-refractivity contribution in [2.75, 3.05) is 6.61 Å². The fourth-order valence-electron chi connectivity index (χ4n) is 4.08. The van der Waals surface area contributed by atoms with Crippen molar-refractivity contribution in [3.05, 3.63) is 119 Å². The van der Waals surface area contributed by atoms with Crippen molar-refractivity contribution < 1.29 is 17.9 Å². The summed E-state index contributed by atoms with van der Waals surface area (Å²) in [4.78, 5) is 0. The number of allylic oxidation sites excluding steroid dienone is 1. The summed E-state index contributed by atoms with van der Waals surface area (Å²) in [6, 6.07) is 22.7. The van der Waals surface area contributed by atoms with Gasteiger partial charge in [0.05, 0.1) is 6.61 Å². The molecule has 0 bridgehead atoms. The highest BCUT2D eigenvalue weighted by atomic mass is 19.2. The van der Waals surface area contributed by atoms with Crippen molar-refractivity contribution in [1.82, 2.24) is 0 Å². The monoisotopic (exact) mass is 472 g/mol. The minimum Gasteiger partial charge on any atom is -0.494 e. The number of rotatable bonds is 8. The van der Waals surface area contributed by atoms with E-state index in [4.69, 9.17) is 4.74 Å². The van der Waals surface area contributed by atoms with Gasteiger partial charge in [-0.05, 0) is 60.6 Å². The zero-order valence-electron chi connectivity index (χ0n) is 19.8. The molecule has 178 valence electrons. The van der Waals surface area contributed by atoms with Gasteiger partial charge in [-0.1, -0.05) is 78.9 Å². The number of ether oxygens (including phenoxy) is 1. The molecule has 0 aromatic heterocycles. The van der Waals surface area contributed by atoms with Crippen LogP contribution in [0.15, 0.2) is 84.9 Å². The molecule has 0 N–H and O–H groups in total. The lowest BCUT2D eigenvalue weighted by Gasteiger charge is -2.11. The Bertz CT molecular complexity index is 1320. The van der Waals surface area contributed by atoms with Crippen molar-refractivity contribution in [3.63, 3.8) is 0 Å². The quantitative estimate of drug-likeness (QED) is 0.249. The van der Waals surface area contributed by atoms with Crippen LogP contribution in [-0.4, -0.2) is 6.61 Å². The third-order valence-corrected chi connectivity index (χ3v) is 5.95. The number of hydrogen-bond acceptors (Lipinski definition) is 1. The van der Waals surface area contributed by atoms with E-state index >= 15 is 0 Å². The molecule has 35 heavy (non-hydrogen) atoms. The molecule has 0 saturated carbocycles. The topological polar surface area (TPSA) is 9.23 Å². The molecule has 0 aliphatic carbocycles. The first kappa shape index (κ1) is 24.3. The van der Waals surface area contributed by atoms with Crippen LogP contribution >= 0.6 is 0 Å². The van der Waals surface area contributed by atoms with Gasteiger partial charge >= 0.3 is 0 Å². The van der Waals surface area contributed by atoms with E-state index in [1.165, 1.54) is 6.07 Å². The fraction of sp³-hybridized carbons (Fsp3) is 0.161. The smallest absolute Gasteiger partial charge is 0.167 e. The number of halogens is 3. The van der Waals surface area contributed by atoms with Crippen LogP contribution in [0.1, 0.15) is 30.5 Å². The molecule has 4 rings (SSSR count). The van der Waals surface area contributed by atoms with Gasteiger partial charge in [0.2, 0.25) is 0 Å². The lowest BCUT2D eigenvalue weighted by atomic mass is 9.96. The third-order valence-electron chi connectivity index (χ3n) is 5.95. The van der Waals surface area contributed by atoms with Crippen LogP contribution in [0.4, 0.5) is 13.2 Å². The average Bonchev–Trinajstić information content (AvgIpc) is 2.87. The van der Waals surface area contributed by atoms with Crippen molar-refractivity contribution in [1.29, 1.82) is 0 Å². The average molecular weight is 473 g/mol. The summed E-state index contributed by atoms with van der Waals surface area (Å²) >= 11 is 0. The third kappa shape index (κ3) is 5.65. The Hall–Kier alpha value is -3.79. The fourth-order valence-corrected chi connectivity index (χ4v) is 4.08. The van der Waals surface area contributed by atoms with Crippen molar-refractivity contribution in [2.45, 2.75) is 26.7 Å². The number of benzene rings is 4. The van der Waals surface area contributed by atoms with E-state index < -0.39 is 11.6 Å². The second-order valence-corrected chi connectivity index (χ2v) is 8.29. The van der Waals surface area contributed by atoms with Gasteiger partial charge in [0.25, 0.3) is 0 Å². The molecule has 4 aromatic carbocycles. The predicted octanol–water partition coefficient (Wildman–Crippen LogP) is 8.65. The summed E-state index contributed by atoms with van der Waals surface area (Å²) in [5.74, 6) is -1.51. The molecule has 1 nitrogen and oxygen atoms in total. The van der Waals surface area contributed by atoms with E-state index in [1.807, 2.05) is 50.3 Å². The Morgan fingerprint density at radius 3 is 1.86 bits per heavy atom. The first-order chi connectivity index (χ1) is 17.0. The van der Waals surface area contributed by atoms with E-state index in [-0.39, 0.29) is 16.9 Å². The van der Waals surface area contributed by atoms with Gasteiger partial charge in [-0.3, -0.25) is 0 Å². The second-order valence-electron chi connectivity index (χ2n) is 8.29. The lowest BCUT2D eigenvalue weighted by Crippen LogP contribution is -1.98. The van der Waals surface area contributed by atoms with Crippen molar-refractivity contribution in [2.24, 2.45) is 0 Å². The minimum atomic E-state index is -0.871. The molecule has 0 radical (unpaired) electrons. The number of aryl methyl sites for hydroxylation is 2. The maximum Gasteiger partial charge on any atom is 0.167 e. The van der Waals surface area contributed by atoms with Gasteiger partial charge in [0.15, 0.2) is 11.6 Å². The van der Waals surface area contributed by atoms with E-state index in [9.17, 15) is 13.2 Å². The van der Waals surface area contributed by atoms with Gasteiger partial charge in [-0.2, -0.15) is 0 Å². The van der Waals surface area contributed by atoms with E-state index in [1.54, 1.807) is 48.5 Å². The Morgan fingerprint density at radius 1 is 0.714 bits per heavy atom. The molecule has 4 heteroatoms. The molecule has 0 saturated heterocycles. The zero-order chi connectivity index (χ0) is 24.8.